The van der Waals surface area contributed by atoms with Crippen LogP contribution in [0, 0.1) is 0 Å². The van der Waals surface area contributed by atoms with Crippen LogP contribution in [0.1, 0.15) is 38.8 Å². The maximum atomic E-state index is 12.7. The Balaban J connectivity index is 1.73. The normalized spacial score (nSPS) is 10.7. The number of carbonyl (C=O) groups excluding carboxylic acids is 1. The highest BCUT2D eigenvalue weighted by Gasteiger charge is 2.13. The molecule has 192 valence electrons. The molecule has 0 bridgehead atoms. The van der Waals surface area contributed by atoms with Gasteiger partial charge in [0.2, 0.25) is 0 Å². The quantitative estimate of drug-likeness (QED) is 0.140. The molecule has 3 aromatic carbocycles. The van der Waals surface area contributed by atoms with Crippen LogP contribution >= 0.6 is 31.9 Å². The highest BCUT2D eigenvalue weighted by molar-refractivity contribution is 9.11. The lowest BCUT2D eigenvalue weighted by atomic mass is 10.1. The monoisotopic (exact) mass is 630 g/mol. The molecule has 37 heavy (non-hydrogen) atoms. The Morgan fingerprint density at radius 1 is 1.00 bits per heavy atom. The van der Waals surface area contributed by atoms with Crippen molar-refractivity contribution in [2.24, 2.45) is 5.10 Å². The molecule has 0 aromatic heterocycles. The third kappa shape index (κ3) is 7.93. The first-order chi connectivity index (χ1) is 17.8. The summed E-state index contributed by atoms with van der Waals surface area (Å²) in [7, 11) is 0. The number of carbonyl (C=O) groups is 2. The van der Waals surface area contributed by atoms with Crippen molar-refractivity contribution in [2.75, 3.05) is 13.2 Å². The number of carboxylic acid groups (broad SMARTS) is 1. The number of amides is 1. The molecule has 0 saturated carbocycles. The highest BCUT2D eigenvalue weighted by atomic mass is 79.9. The van der Waals surface area contributed by atoms with Crippen molar-refractivity contribution in [3.63, 3.8) is 0 Å². The van der Waals surface area contributed by atoms with E-state index in [9.17, 15) is 9.59 Å². The van der Waals surface area contributed by atoms with Crippen molar-refractivity contribution in [1.29, 1.82) is 0 Å². The van der Waals surface area contributed by atoms with Crippen LogP contribution in [0.3, 0.4) is 0 Å². The number of rotatable bonds is 12. The lowest BCUT2D eigenvalue weighted by Crippen LogP contribution is -2.18. The minimum absolute atomic E-state index is 0.199. The SMILES string of the molecule is C=CCOc1ccc(C(=O)N/N=C/c2cc(Br)cc(Br)c2OCc2ccc(C(=O)O)cc2)cc1OCC. The molecular formula is C27H24Br2N2O6. The third-order valence-electron chi connectivity index (χ3n) is 4.85. The molecule has 0 unspecified atom stereocenters. The second-order valence-corrected chi connectivity index (χ2v) is 9.26. The summed E-state index contributed by atoms with van der Waals surface area (Å²) in [6, 6.07) is 14.9. The lowest BCUT2D eigenvalue weighted by molar-refractivity contribution is 0.0696. The van der Waals surface area contributed by atoms with Crippen LogP contribution in [0.2, 0.25) is 0 Å². The van der Waals surface area contributed by atoms with Crippen molar-refractivity contribution in [3.05, 3.63) is 98.5 Å². The van der Waals surface area contributed by atoms with Gasteiger partial charge in [-0.05, 0) is 70.9 Å². The van der Waals surface area contributed by atoms with Crippen molar-refractivity contribution in [3.8, 4) is 17.2 Å². The van der Waals surface area contributed by atoms with Gasteiger partial charge < -0.3 is 19.3 Å². The highest BCUT2D eigenvalue weighted by Crippen LogP contribution is 2.33. The second kappa shape index (κ2) is 13.6. The molecular weight excluding hydrogens is 608 g/mol. The van der Waals surface area contributed by atoms with E-state index in [1.807, 2.05) is 13.0 Å². The zero-order valence-corrected chi connectivity index (χ0v) is 23.0. The van der Waals surface area contributed by atoms with E-state index in [4.69, 9.17) is 19.3 Å². The second-order valence-electron chi connectivity index (χ2n) is 7.49. The van der Waals surface area contributed by atoms with Crippen LogP contribution in [0.15, 0.2) is 81.3 Å². The van der Waals surface area contributed by atoms with E-state index in [1.165, 1.54) is 18.3 Å². The van der Waals surface area contributed by atoms with Gasteiger partial charge in [-0.15, -0.1) is 0 Å². The molecule has 0 aliphatic heterocycles. The number of hydrogen-bond donors (Lipinski definition) is 2. The van der Waals surface area contributed by atoms with Crippen molar-refractivity contribution >= 4 is 50.0 Å². The van der Waals surface area contributed by atoms with E-state index in [0.29, 0.717) is 46.1 Å². The molecule has 2 N–H and O–H groups in total. The average Bonchev–Trinajstić information content (AvgIpc) is 2.87. The zero-order chi connectivity index (χ0) is 26.8. The van der Waals surface area contributed by atoms with Gasteiger partial charge in [0.15, 0.2) is 11.5 Å². The molecule has 0 radical (unpaired) electrons. The van der Waals surface area contributed by atoms with Crippen LogP contribution in [0.4, 0.5) is 0 Å². The van der Waals surface area contributed by atoms with E-state index in [0.717, 1.165) is 10.0 Å². The Kier molecular flexibility index (Phi) is 10.3. The summed E-state index contributed by atoms with van der Waals surface area (Å²) in [5, 5.41) is 13.2. The summed E-state index contributed by atoms with van der Waals surface area (Å²) in [5.74, 6) is 0.0484. The zero-order valence-electron chi connectivity index (χ0n) is 19.9. The summed E-state index contributed by atoms with van der Waals surface area (Å²) in [6.07, 6.45) is 3.10. The summed E-state index contributed by atoms with van der Waals surface area (Å²) < 4.78 is 18.6. The number of ether oxygens (including phenoxy) is 3. The maximum Gasteiger partial charge on any atom is 0.335 e. The van der Waals surface area contributed by atoms with Gasteiger partial charge >= 0.3 is 5.97 Å². The Hall–Kier alpha value is -3.63. The Bertz CT molecular complexity index is 1310. The molecule has 3 rings (SSSR count). The number of aromatic carboxylic acids is 1. The molecule has 0 aliphatic rings. The van der Waals surface area contributed by atoms with E-state index >= 15 is 0 Å². The fourth-order valence-corrected chi connectivity index (χ4v) is 4.51. The first-order valence-corrected chi connectivity index (χ1v) is 12.7. The molecule has 0 spiro atoms. The number of benzene rings is 3. The first kappa shape index (κ1) is 27.9. The van der Waals surface area contributed by atoms with E-state index in [1.54, 1.807) is 42.5 Å². The van der Waals surface area contributed by atoms with Gasteiger partial charge in [-0.25, -0.2) is 10.2 Å². The van der Waals surface area contributed by atoms with Crippen LogP contribution in [0.25, 0.3) is 0 Å². The van der Waals surface area contributed by atoms with Crippen LogP contribution < -0.4 is 19.6 Å². The predicted molar refractivity (Wildman–Crippen MR) is 148 cm³/mol. The number of halogens is 2. The molecule has 0 atom stereocenters. The van der Waals surface area contributed by atoms with Crippen LogP contribution in [-0.4, -0.2) is 36.4 Å². The fraction of sp³-hybridized carbons (Fsp3) is 0.148. The van der Waals surface area contributed by atoms with Gasteiger partial charge in [0, 0.05) is 15.6 Å². The molecule has 8 nitrogen and oxygen atoms in total. The van der Waals surface area contributed by atoms with E-state index in [-0.39, 0.29) is 12.2 Å². The largest absolute Gasteiger partial charge is 0.490 e. The topological polar surface area (TPSA) is 106 Å². The molecule has 3 aromatic rings. The molecule has 1 amide bonds. The molecule has 0 saturated heterocycles. The predicted octanol–water partition coefficient (Wildman–Crippen LogP) is 6.22. The Morgan fingerprint density at radius 2 is 1.73 bits per heavy atom. The average molecular weight is 632 g/mol. The molecule has 0 aliphatic carbocycles. The van der Waals surface area contributed by atoms with Gasteiger partial charge in [-0.1, -0.05) is 40.7 Å². The number of carboxylic acids is 1. The third-order valence-corrected chi connectivity index (χ3v) is 5.90. The van der Waals surface area contributed by atoms with Gasteiger partial charge in [-0.2, -0.15) is 5.10 Å². The number of hydrazone groups is 1. The van der Waals surface area contributed by atoms with Crippen molar-refractivity contribution in [1.82, 2.24) is 5.43 Å². The van der Waals surface area contributed by atoms with Crippen LogP contribution in [0.5, 0.6) is 17.2 Å². The lowest BCUT2D eigenvalue weighted by Gasteiger charge is -2.13. The number of hydrogen-bond acceptors (Lipinski definition) is 6. The number of nitrogens with one attached hydrogen (secondary N) is 1. The maximum absolute atomic E-state index is 12.7. The van der Waals surface area contributed by atoms with Gasteiger partial charge in [-0.3, -0.25) is 4.79 Å². The van der Waals surface area contributed by atoms with Crippen molar-refractivity contribution < 1.29 is 28.9 Å². The van der Waals surface area contributed by atoms with Gasteiger partial charge in [0.25, 0.3) is 5.91 Å². The van der Waals surface area contributed by atoms with E-state index < -0.39 is 11.9 Å². The van der Waals surface area contributed by atoms with Gasteiger partial charge in [0.1, 0.15) is 19.0 Å². The van der Waals surface area contributed by atoms with E-state index in [2.05, 4.69) is 49.0 Å². The summed E-state index contributed by atoms with van der Waals surface area (Å²) in [4.78, 5) is 23.7. The van der Waals surface area contributed by atoms with Crippen molar-refractivity contribution in [2.45, 2.75) is 13.5 Å². The fourth-order valence-electron chi connectivity index (χ4n) is 3.14. The summed E-state index contributed by atoms with van der Waals surface area (Å²) in [6.45, 7) is 6.40. The van der Waals surface area contributed by atoms with Gasteiger partial charge in [0.05, 0.1) is 22.9 Å². The minimum atomic E-state index is -0.991. The molecule has 0 heterocycles. The van der Waals surface area contributed by atoms with Crippen LogP contribution in [-0.2, 0) is 6.61 Å². The summed E-state index contributed by atoms with van der Waals surface area (Å²) >= 11 is 6.94. The first-order valence-electron chi connectivity index (χ1n) is 11.1. The Morgan fingerprint density at radius 3 is 2.41 bits per heavy atom. The Labute approximate surface area is 231 Å². The number of nitrogens with zero attached hydrogens (tertiary/aromatic N) is 1. The summed E-state index contributed by atoms with van der Waals surface area (Å²) in [5.41, 5.74) is 4.46. The standard InChI is InChI=1S/C27H24Br2N2O6/c1-3-11-36-23-10-9-19(13-24(23)35-4-2)26(32)31-30-15-20-12-21(28)14-22(29)25(20)37-16-17-5-7-18(8-6-17)27(33)34/h3,5-10,12-15H,1,4,11,16H2,2H3,(H,31,32)(H,33,34)/b30-15+. The molecule has 10 heteroatoms. The minimum Gasteiger partial charge on any atom is -0.490 e. The smallest absolute Gasteiger partial charge is 0.335 e. The molecule has 0 fully saturated rings.